The molecule has 2 N–H and O–H groups in total. The highest BCUT2D eigenvalue weighted by Gasteiger charge is 2.33. The van der Waals surface area contributed by atoms with Gasteiger partial charge >= 0.3 is 0 Å². The third-order valence-electron chi connectivity index (χ3n) is 6.44. The van der Waals surface area contributed by atoms with Gasteiger partial charge in [-0.15, -0.1) is 0 Å². The van der Waals surface area contributed by atoms with Crippen LogP contribution in [0.1, 0.15) is 36.1 Å². The summed E-state index contributed by atoms with van der Waals surface area (Å²) in [5, 5.41) is 0. The molecular formula is C27H27F2N5O2. The highest BCUT2D eigenvalue weighted by atomic mass is 19.1. The summed E-state index contributed by atoms with van der Waals surface area (Å²) in [4.78, 5) is 26.8. The fourth-order valence-electron chi connectivity index (χ4n) is 4.53. The minimum Gasteiger partial charge on any atom is -0.457 e. The van der Waals surface area contributed by atoms with Gasteiger partial charge in [0.15, 0.2) is 0 Å². The zero-order chi connectivity index (χ0) is 25.8. The van der Waals surface area contributed by atoms with E-state index < -0.39 is 11.6 Å². The molecule has 7 nitrogen and oxygen atoms in total. The van der Waals surface area contributed by atoms with Gasteiger partial charge in [-0.25, -0.2) is 18.7 Å². The maximum absolute atomic E-state index is 15.3. The largest absolute Gasteiger partial charge is 0.457 e. The molecule has 1 saturated heterocycles. The van der Waals surface area contributed by atoms with Crippen molar-refractivity contribution in [1.82, 2.24) is 14.9 Å². The van der Waals surface area contributed by atoms with E-state index in [4.69, 9.17) is 10.5 Å². The number of likely N-dealkylation sites (tertiary alicyclic amines) is 1. The fraction of sp³-hybridized carbons (Fsp3) is 0.259. The lowest BCUT2D eigenvalue weighted by atomic mass is 9.86. The molecular weight excluding hydrogens is 464 g/mol. The van der Waals surface area contributed by atoms with Gasteiger partial charge in [0.25, 0.3) is 0 Å². The number of rotatable bonds is 7. The smallest absolute Gasteiger partial charge is 0.245 e. The first-order valence-corrected chi connectivity index (χ1v) is 11.5. The second kappa shape index (κ2) is 10.6. The Morgan fingerprint density at radius 2 is 2.03 bits per heavy atom. The van der Waals surface area contributed by atoms with Crippen LogP contribution in [0.3, 0.4) is 0 Å². The number of aromatic nitrogens is 2. The van der Waals surface area contributed by atoms with Crippen LogP contribution in [0.5, 0.6) is 11.5 Å². The van der Waals surface area contributed by atoms with Crippen LogP contribution in [-0.2, 0) is 4.79 Å². The third kappa shape index (κ3) is 5.10. The van der Waals surface area contributed by atoms with Gasteiger partial charge in [-0.3, -0.25) is 9.79 Å². The molecule has 3 aromatic rings. The summed E-state index contributed by atoms with van der Waals surface area (Å²) in [6.07, 6.45) is 3.49. The first kappa shape index (κ1) is 25.0. The molecule has 1 aliphatic rings. The summed E-state index contributed by atoms with van der Waals surface area (Å²) in [6, 6.07) is 9.93. The zero-order valence-electron chi connectivity index (χ0n) is 20.1. The molecule has 9 heteroatoms. The maximum Gasteiger partial charge on any atom is 0.245 e. The minimum absolute atomic E-state index is 0.0942. The Labute approximate surface area is 208 Å². The van der Waals surface area contributed by atoms with Gasteiger partial charge < -0.3 is 15.4 Å². The molecule has 4 rings (SSSR count). The van der Waals surface area contributed by atoms with Crippen LogP contribution in [-0.4, -0.2) is 46.6 Å². The van der Waals surface area contributed by atoms with Crippen molar-refractivity contribution in [3.05, 3.63) is 89.9 Å². The third-order valence-corrected chi connectivity index (χ3v) is 6.44. The number of halogens is 2. The average molecular weight is 492 g/mol. The highest BCUT2D eigenvalue weighted by molar-refractivity contribution is 6.16. The predicted molar refractivity (Wildman–Crippen MR) is 134 cm³/mol. The number of carbonyl (C=O) groups excluding carboxylic acids is 1. The van der Waals surface area contributed by atoms with E-state index in [1.54, 1.807) is 24.1 Å². The molecule has 2 aromatic carbocycles. The summed E-state index contributed by atoms with van der Waals surface area (Å²) >= 11 is 0. The van der Waals surface area contributed by atoms with E-state index >= 15 is 4.39 Å². The monoisotopic (exact) mass is 491 g/mol. The van der Waals surface area contributed by atoms with Crippen LogP contribution in [0.15, 0.2) is 66.4 Å². The summed E-state index contributed by atoms with van der Waals surface area (Å²) in [5.74, 6) is -0.463. The van der Waals surface area contributed by atoms with Crippen molar-refractivity contribution in [2.24, 2.45) is 10.9 Å². The number of nitrogens with two attached hydrogens (primary N) is 1. The van der Waals surface area contributed by atoms with Crippen LogP contribution in [0, 0.1) is 17.6 Å². The number of hydrogen-bond donors (Lipinski definition) is 1. The second-order valence-corrected chi connectivity index (χ2v) is 8.62. The van der Waals surface area contributed by atoms with Crippen molar-refractivity contribution in [2.45, 2.75) is 19.3 Å². The molecule has 1 aliphatic heterocycles. The summed E-state index contributed by atoms with van der Waals surface area (Å²) in [7, 11) is 1.55. The van der Waals surface area contributed by atoms with Gasteiger partial charge in [0.1, 0.15) is 35.3 Å². The molecule has 2 heterocycles. The molecule has 0 saturated carbocycles. The Balaban J connectivity index is 1.65. The molecule has 0 aliphatic carbocycles. The minimum atomic E-state index is -0.588. The lowest BCUT2D eigenvalue weighted by Crippen LogP contribution is -2.28. The van der Waals surface area contributed by atoms with Gasteiger partial charge in [-0.1, -0.05) is 19.6 Å². The first-order valence-electron chi connectivity index (χ1n) is 11.5. The quantitative estimate of drug-likeness (QED) is 0.381. The van der Waals surface area contributed by atoms with Gasteiger partial charge in [0.05, 0.1) is 17.0 Å². The fourth-order valence-corrected chi connectivity index (χ4v) is 4.53. The van der Waals surface area contributed by atoms with Crippen molar-refractivity contribution < 1.29 is 18.3 Å². The molecule has 1 amide bonds. The molecule has 36 heavy (non-hydrogen) atoms. The SMILES string of the molecule is C=CC(=O)N1CCC(C(C)c2ncnc(N)c2/C(=N\C)c2ccc(Oc3cccc(F)c3)cc2F)C1. The molecule has 0 radical (unpaired) electrons. The second-order valence-electron chi connectivity index (χ2n) is 8.62. The zero-order valence-corrected chi connectivity index (χ0v) is 20.1. The average Bonchev–Trinajstić information content (AvgIpc) is 3.36. The number of ether oxygens (including phenoxy) is 1. The van der Waals surface area contributed by atoms with Gasteiger partial charge in [-0.2, -0.15) is 0 Å². The van der Waals surface area contributed by atoms with Crippen LogP contribution >= 0.6 is 0 Å². The molecule has 186 valence electrons. The van der Waals surface area contributed by atoms with E-state index in [0.29, 0.717) is 30.1 Å². The molecule has 1 fully saturated rings. The molecule has 1 aromatic heterocycles. The Morgan fingerprint density at radius 3 is 2.72 bits per heavy atom. The van der Waals surface area contributed by atoms with E-state index in [9.17, 15) is 9.18 Å². The predicted octanol–water partition coefficient (Wildman–Crippen LogP) is 4.73. The number of carbonyl (C=O) groups is 1. The molecule has 2 atom stereocenters. The summed E-state index contributed by atoms with van der Waals surface area (Å²) in [5.41, 5.74) is 7.88. The van der Waals surface area contributed by atoms with E-state index in [1.807, 2.05) is 6.92 Å². The molecule has 2 unspecified atom stereocenters. The highest BCUT2D eigenvalue weighted by Crippen LogP contribution is 2.35. The Bertz CT molecular complexity index is 1330. The van der Waals surface area contributed by atoms with E-state index in [1.165, 1.54) is 42.7 Å². The first-order chi connectivity index (χ1) is 17.3. The Morgan fingerprint density at radius 1 is 1.25 bits per heavy atom. The lowest BCUT2D eigenvalue weighted by molar-refractivity contribution is -0.125. The van der Waals surface area contributed by atoms with Gasteiger partial charge in [0, 0.05) is 43.8 Å². The van der Waals surface area contributed by atoms with Crippen molar-refractivity contribution >= 4 is 17.4 Å². The Hall–Kier alpha value is -4.14. The van der Waals surface area contributed by atoms with Crippen molar-refractivity contribution in [1.29, 1.82) is 0 Å². The van der Waals surface area contributed by atoms with E-state index in [2.05, 4.69) is 21.5 Å². The molecule has 0 spiro atoms. The normalized spacial score (nSPS) is 16.6. The van der Waals surface area contributed by atoms with E-state index in [0.717, 1.165) is 6.42 Å². The number of amides is 1. The van der Waals surface area contributed by atoms with Crippen LogP contribution in [0.2, 0.25) is 0 Å². The summed E-state index contributed by atoms with van der Waals surface area (Å²) < 4.78 is 34.4. The molecule has 0 bridgehead atoms. The van der Waals surface area contributed by atoms with Gasteiger partial charge in [0.2, 0.25) is 5.91 Å². The topological polar surface area (TPSA) is 93.7 Å². The number of nitrogens with zero attached hydrogens (tertiary/aromatic N) is 4. The van der Waals surface area contributed by atoms with Crippen molar-refractivity contribution in [3.8, 4) is 11.5 Å². The standard InChI is InChI=1S/C27H27F2N5O2/c1-4-23(35)34-11-10-17(14-34)16(2)25-24(27(30)33-15-32-25)26(31-3)21-9-8-20(13-22(21)29)36-19-7-5-6-18(28)12-19/h4-9,12-13,15-17H,1,10-11,14H2,2-3H3,(H2,30,32,33)/b31-26-. The van der Waals surface area contributed by atoms with Crippen LogP contribution in [0.4, 0.5) is 14.6 Å². The van der Waals surface area contributed by atoms with Crippen LogP contribution < -0.4 is 10.5 Å². The van der Waals surface area contributed by atoms with Crippen LogP contribution in [0.25, 0.3) is 0 Å². The lowest BCUT2D eigenvalue weighted by Gasteiger charge is -2.23. The van der Waals surface area contributed by atoms with Crippen molar-refractivity contribution in [3.63, 3.8) is 0 Å². The maximum atomic E-state index is 15.3. The number of aliphatic imine (C=N–C) groups is 1. The van der Waals surface area contributed by atoms with E-state index in [-0.39, 0.29) is 40.6 Å². The number of nitrogen functional groups attached to an aromatic ring is 1. The number of benzene rings is 2. The number of anilines is 1. The Kier molecular flexibility index (Phi) is 7.38. The van der Waals surface area contributed by atoms with Crippen molar-refractivity contribution in [2.75, 3.05) is 25.9 Å². The summed E-state index contributed by atoms with van der Waals surface area (Å²) in [6.45, 7) is 6.77. The van der Waals surface area contributed by atoms with Gasteiger partial charge in [-0.05, 0) is 42.7 Å². The number of hydrogen-bond acceptors (Lipinski definition) is 6.